The van der Waals surface area contributed by atoms with Gasteiger partial charge < -0.3 is 29.8 Å². The Hall–Kier alpha value is -6.03. The summed E-state index contributed by atoms with van der Waals surface area (Å²) in [7, 11) is 0. The normalized spacial score (nSPS) is 16.0. The molecule has 3 N–H and O–H groups in total. The third-order valence-electron chi connectivity index (χ3n) is 7.99. The zero-order chi connectivity index (χ0) is 34.1. The molecule has 1 fully saturated rings. The summed E-state index contributed by atoms with van der Waals surface area (Å²) in [4.78, 5) is 49.3. The molecule has 1 aliphatic heterocycles. The molecule has 2 atom stereocenters. The molecule has 0 aliphatic carbocycles. The van der Waals surface area contributed by atoms with Crippen LogP contribution in [-0.2, 0) is 16.1 Å². The maximum atomic E-state index is 16.3. The standard InChI is InChI=1S/C35H29F2N5O6/c1-4-25-28(36)10-7-21-12-23(44)13-26(29(21)25)31-30(37)32-27(14-38-31)33(41-34(45)40-32)42-15-18(2)11-22(16-42)39-35(46)47-17-20-5-8-24(9-6-20)48-19(3)43/h1,5-10,12-14,18,22,44H,11,15-17H2,2-3H3,(H,39,46)(H,40,41,45). The van der Waals surface area contributed by atoms with Crippen LogP contribution < -0.4 is 20.6 Å². The largest absolute Gasteiger partial charge is 0.508 e. The van der Waals surface area contributed by atoms with Crippen LogP contribution in [0.25, 0.3) is 32.9 Å². The molecule has 0 saturated carbocycles. The minimum absolute atomic E-state index is 0.0182. The van der Waals surface area contributed by atoms with Crippen molar-refractivity contribution in [1.29, 1.82) is 0 Å². The van der Waals surface area contributed by atoms with Crippen molar-refractivity contribution in [2.24, 2.45) is 5.92 Å². The first-order chi connectivity index (χ1) is 23.0. The Morgan fingerprint density at radius 2 is 1.94 bits per heavy atom. The number of piperidine rings is 1. The van der Waals surface area contributed by atoms with E-state index in [0.717, 1.165) is 6.07 Å². The lowest BCUT2D eigenvalue weighted by atomic mass is 9.95. The van der Waals surface area contributed by atoms with Crippen LogP contribution in [0.3, 0.4) is 0 Å². The average molecular weight is 654 g/mol. The lowest BCUT2D eigenvalue weighted by Gasteiger charge is -2.37. The molecular weight excluding hydrogens is 624 g/mol. The number of hydrogen-bond donors (Lipinski definition) is 3. The number of fused-ring (bicyclic) bond motifs is 2. The summed E-state index contributed by atoms with van der Waals surface area (Å²) in [6, 6.07) is 11.3. The van der Waals surface area contributed by atoms with Gasteiger partial charge in [0, 0.05) is 37.2 Å². The number of rotatable bonds is 6. The van der Waals surface area contributed by atoms with Gasteiger partial charge in [-0.2, -0.15) is 4.98 Å². The fraction of sp³-hybridized carbons (Fsp3) is 0.229. The number of aromatic nitrogens is 3. The Morgan fingerprint density at radius 3 is 2.67 bits per heavy atom. The van der Waals surface area contributed by atoms with E-state index in [1.165, 1.54) is 31.3 Å². The van der Waals surface area contributed by atoms with Crippen molar-refractivity contribution < 1.29 is 33.0 Å². The molecule has 1 amide bonds. The van der Waals surface area contributed by atoms with E-state index in [2.05, 4.69) is 26.2 Å². The number of phenolic OH excluding ortho intramolecular Hbond substituents is 1. The van der Waals surface area contributed by atoms with Gasteiger partial charge in [0.1, 0.15) is 35.4 Å². The van der Waals surface area contributed by atoms with Crippen LogP contribution in [0.4, 0.5) is 19.4 Å². The first-order valence-corrected chi connectivity index (χ1v) is 15.0. The van der Waals surface area contributed by atoms with E-state index in [1.807, 2.05) is 6.92 Å². The van der Waals surface area contributed by atoms with Crippen LogP contribution in [0.15, 0.2) is 59.5 Å². The van der Waals surface area contributed by atoms with Gasteiger partial charge in [-0.1, -0.05) is 31.0 Å². The summed E-state index contributed by atoms with van der Waals surface area (Å²) in [5.74, 6) is 0.613. The topological polar surface area (TPSA) is 147 Å². The Kier molecular flexibility index (Phi) is 8.65. The number of hydrogen-bond acceptors (Lipinski definition) is 9. The third kappa shape index (κ3) is 6.46. The van der Waals surface area contributed by atoms with Gasteiger partial charge in [0.15, 0.2) is 5.82 Å². The summed E-state index contributed by atoms with van der Waals surface area (Å²) in [6.07, 6.45) is 6.90. The highest BCUT2D eigenvalue weighted by atomic mass is 19.1. The first kappa shape index (κ1) is 31.9. The second kappa shape index (κ2) is 13.0. The van der Waals surface area contributed by atoms with Gasteiger partial charge in [0.2, 0.25) is 0 Å². The van der Waals surface area contributed by atoms with E-state index in [1.54, 1.807) is 29.2 Å². The van der Waals surface area contributed by atoms with Crippen molar-refractivity contribution in [3.63, 3.8) is 0 Å². The predicted octanol–water partition coefficient (Wildman–Crippen LogP) is 5.17. The molecule has 13 heteroatoms. The minimum Gasteiger partial charge on any atom is -0.508 e. The van der Waals surface area contributed by atoms with Crippen LogP contribution >= 0.6 is 0 Å². The molecule has 0 bridgehead atoms. The van der Waals surface area contributed by atoms with Gasteiger partial charge in [0.25, 0.3) is 0 Å². The van der Waals surface area contributed by atoms with Gasteiger partial charge in [-0.3, -0.25) is 9.78 Å². The fourth-order valence-corrected chi connectivity index (χ4v) is 6.06. The van der Waals surface area contributed by atoms with Crippen molar-refractivity contribution in [3.8, 4) is 35.1 Å². The molecule has 2 aromatic heterocycles. The quantitative estimate of drug-likeness (QED) is 0.128. The van der Waals surface area contributed by atoms with Crippen molar-refractivity contribution >= 4 is 39.6 Å². The fourth-order valence-electron chi connectivity index (χ4n) is 6.06. The number of anilines is 1. The highest BCUT2D eigenvalue weighted by Crippen LogP contribution is 2.38. The lowest BCUT2D eigenvalue weighted by molar-refractivity contribution is -0.131. The second-order valence-corrected chi connectivity index (χ2v) is 11.6. The molecule has 1 aliphatic rings. The molecule has 3 heterocycles. The highest BCUT2D eigenvalue weighted by Gasteiger charge is 2.30. The molecule has 6 rings (SSSR count). The van der Waals surface area contributed by atoms with Crippen LogP contribution in [-0.4, -0.2) is 51.3 Å². The summed E-state index contributed by atoms with van der Waals surface area (Å²) in [5, 5.41) is 14.0. The number of aromatic amines is 1. The van der Waals surface area contributed by atoms with Gasteiger partial charge >= 0.3 is 17.8 Å². The van der Waals surface area contributed by atoms with Crippen LogP contribution in [0.2, 0.25) is 0 Å². The number of pyridine rings is 1. The van der Waals surface area contributed by atoms with Gasteiger partial charge in [-0.25, -0.2) is 18.4 Å². The number of esters is 1. The summed E-state index contributed by atoms with van der Waals surface area (Å²) < 4.78 is 41.4. The maximum absolute atomic E-state index is 16.3. The molecule has 2 unspecified atom stereocenters. The van der Waals surface area contributed by atoms with Crippen molar-refractivity contribution in [3.05, 3.63) is 88.0 Å². The molecular formula is C35H29F2N5O6. The number of ether oxygens (including phenoxy) is 2. The SMILES string of the molecule is C#Cc1c(F)ccc2cc(O)cc(-c3ncc4c(N5CC(C)CC(NC(=O)OCc6ccc(OC(C)=O)cc6)C5)nc(=O)[nH]c4c3F)c12. The Morgan fingerprint density at radius 1 is 1.17 bits per heavy atom. The number of amides is 1. The molecule has 0 radical (unpaired) electrons. The molecule has 244 valence electrons. The molecule has 5 aromatic rings. The highest BCUT2D eigenvalue weighted by molar-refractivity contribution is 6.03. The number of benzene rings is 3. The van der Waals surface area contributed by atoms with E-state index < -0.39 is 35.4 Å². The number of alkyl carbamates (subject to hydrolysis) is 1. The van der Waals surface area contributed by atoms with Crippen LogP contribution in [0, 0.1) is 29.9 Å². The van der Waals surface area contributed by atoms with Crippen molar-refractivity contribution in [2.45, 2.75) is 32.9 Å². The van der Waals surface area contributed by atoms with Crippen molar-refractivity contribution in [2.75, 3.05) is 18.0 Å². The number of carbonyl (C=O) groups excluding carboxylic acids is 2. The minimum atomic E-state index is -0.920. The van der Waals surface area contributed by atoms with E-state index >= 15 is 4.39 Å². The molecule has 0 spiro atoms. The van der Waals surface area contributed by atoms with E-state index in [4.69, 9.17) is 15.9 Å². The number of carbonyl (C=O) groups is 2. The number of nitrogens with zero attached hydrogens (tertiary/aromatic N) is 3. The maximum Gasteiger partial charge on any atom is 0.407 e. The van der Waals surface area contributed by atoms with E-state index in [0.29, 0.717) is 29.7 Å². The lowest BCUT2D eigenvalue weighted by Crippen LogP contribution is -2.51. The smallest absolute Gasteiger partial charge is 0.407 e. The van der Waals surface area contributed by atoms with Gasteiger partial charge in [-0.05, 0) is 53.6 Å². The summed E-state index contributed by atoms with van der Waals surface area (Å²) >= 11 is 0. The van der Waals surface area contributed by atoms with E-state index in [9.17, 15) is 23.9 Å². The zero-order valence-electron chi connectivity index (χ0n) is 25.8. The van der Waals surface area contributed by atoms with Gasteiger partial charge in [0.05, 0.1) is 22.5 Å². The van der Waals surface area contributed by atoms with E-state index in [-0.39, 0.29) is 63.7 Å². The number of H-pyrrole nitrogens is 1. The number of nitrogens with one attached hydrogen (secondary N) is 2. The first-order valence-electron chi connectivity index (χ1n) is 15.0. The third-order valence-corrected chi connectivity index (χ3v) is 7.99. The van der Waals surface area contributed by atoms with Crippen molar-refractivity contribution in [1.82, 2.24) is 20.3 Å². The summed E-state index contributed by atoms with van der Waals surface area (Å²) in [6.45, 7) is 3.95. The number of terminal acetylenes is 1. The number of phenols is 1. The van der Waals surface area contributed by atoms with Gasteiger partial charge in [-0.15, -0.1) is 6.42 Å². The van der Waals surface area contributed by atoms with Crippen LogP contribution in [0.5, 0.6) is 11.5 Å². The molecule has 11 nitrogen and oxygen atoms in total. The molecule has 48 heavy (non-hydrogen) atoms. The zero-order valence-corrected chi connectivity index (χ0v) is 25.8. The van der Waals surface area contributed by atoms with Crippen LogP contribution in [0.1, 0.15) is 31.4 Å². The Balaban J connectivity index is 1.26. The molecule has 1 saturated heterocycles. The number of halogens is 2. The molecule has 3 aromatic carbocycles. The Labute approximate surface area is 272 Å². The summed E-state index contributed by atoms with van der Waals surface area (Å²) in [5.41, 5.74) is -0.644. The Bertz CT molecular complexity index is 2180. The number of aromatic hydroxyl groups is 1. The second-order valence-electron chi connectivity index (χ2n) is 11.6. The predicted molar refractivity (Wildman–Crippen MR) is 173 cm³/mol. The average Bonchev–Trinajstić information content (AvgIpc) is 3.04. The monoisotopic (exact) mass is 653 g/mol.